The molecule has 0 aromatic carbocycles. The van der Waals surface area contributed by atoms with Crippen molar-refractivity contribution in [2.75, 3.05) is 20.2 Å². The van der Waals surface area contributed by atoms with E-state index in [2.05, 4.69) is 20.7 Å². The number of unbranched alkanes of at least 4 members (excludes halogenated alkanes) is 1. The third-order valence-corrected chi connectivity index (χ3v) is 4.38. The second kappa shape index (κ2) is 13.8. The molecule has 0 fully saturated rings. The lowest BCUT2D eigenvalue weighted by Crippen LogP contribution is -2.56. The normalized spacial score (nSPS) is 14.1. The molecule has 0 aliphatic rings. The minimum atomic E-state index is -0.879. The first-order valence-electron chi connectivity index (χ1n) is 10.3. The van der Waals surface area contributed by atoms with Crippen LogP contribution < -0.4 is 21.7 Å². The van der Waals surface area contributed by atoms with Gasteiger partial charge in [0.1, 0.15) is 24.2 Å². The number of methoxy groups -OCH3 is 1. The second-order valence-electron chi connectivity index (χ2n) is 8.15. The van der Waals surface area contributed by atoms with Crippen LogP contribution in [0.25, 0.3) is 0 Å². The summed E-state index contributed by atoms with van der Waals surface area (Å²) in [4.78, 5) is 48.9. The van der Waals surface area contributed by atoms with E-state index in [0.29, 0.717) is 32.2 Å². The molecule has 0 heterocycles. The minimum absolute atomic E-state index is 0.194. The van der Waals surface area contributed by atoms with Crippen molar-refractivity contribution in [3.05, 3.63) is 0 Å². The van der Waals surface area contributed by atoms with Gasteiger partial charge in [-0.05, 0) is 52.5 Å². The summed E-state index contributed by atoms with van der Waals surface area (Å²) in [5, 5.41) is 7.73. The predicted octanol–water partition coefficient (Wildman–Crippen LogP) is 0.829. The Balaban J connectivity index is 5.25. The molecular weight excluding hydrogens is 392 g/mol. The summed E-state index contributed by atoms with van der Waals surface area (Å²) in [6.07, 6.45) is 1.55. The zero-order valence-corrected chi connectivity index (χ0v) is 19.0. The van der Waals surface area contributed by atoms with E-state index in [1.54, 1.807) is 20.8 Å². The number of carbonyl (C=O) groups excluding carboxylic acids is 4. The van der Waals surface area contributed by atoms with Crippen LogP contribution in [0, 0.1) is 5.92 Å². The zero-order chi connectivity index (χ0) is 23.3. The van der Waals surface area contributed by atoms with Crippen LogP contribution in [0.1, 0.15) is 60.3 Å². The molecule has 0 aliphatic carbocycles. The van der Waals surface area contributed by atoms with Crippen molar-refractivity contribution < 1.29 is 28.7 Å². The Hall–Kier alpha value is -2.36. The highest BCUT2D eigenvalue weighted by Gasteiger charge is 2.31. The number of hydrogen-bond acceptors (Lipinski definition) is 7. The number of hydrogen-bond donors (Lipinski definition) is 4. The zero-order valence-electron chi connectivity index (χ0n) is 19.0. The average molecular weight is 431 g/mol. The summed E-state index contributed by atoms with van der Waals surface area (Å²) in [5.74, 6) is -1.80. The van der Waals surface area contributed by atoms with Crippen LogP contribution in [-0.4, -0.2) is 61.8 Å². The van der Waals surface area contributed by atoms with Crippen molar-refractivity contribution >= 4 is 23.9 Å². The van der Waals surface area contributed by atoms with Gasteiger partial charge in [-0.1, -0.05) is 20.3 Å². The number of nitrogens with one attached hydrogen (secondary N) is 3. The summed E-state index contributed by atoms with van der Waals surface area (Å²) in [5.41, 5.74) is 4.80. The minimum Gasteiger partial charge on any atom is -0.468 e. The van der Waals surface area contributed by atoms with Gasteiger partial charge in [-0.25, -0.2) is 4.79 Å². The molecule has 0 aromatic heterocycles. The largest absolute Gasteiger partial charge is 0.468 e. The van der Waals surface area contributed by atoms with E-state index in [4.69, 9.17) is 10.5 Å². The Morgan fingerprint density at radius 2 is 1.67 bits per heavy atom. The molecular formula is C20H38N4O6. The molecule has 0 bridgehead atoms. The van der Waals surface area contributed by atoms with Gasteiger partial charge < -0.3 is 31.2 Å². The summed E-state index contributed by atoms with van der Waals surface area (Å²) < 4.78 is 9.76. The summed E-state index contributed by atoms with van der Waals surface area (Å²) in [7, 11) is 1.22. The molecule has 0 saturated heterocycles. The maximum absolute atomic E-state index is 12.9. The van der Waals surface area contributed by atoms with E-state index in [9.17, 15) is 19.2 Å². The molecule has 5 N–H and O–H groups in total. The molecule has 0 spiro atoms. The Labute approximate surface area is 179 Å². The van der Waals surface area contributed by atoms with Crippen LogP contribution in [0.2, 0.25) is 0 Å². The van der Waals surface area contributed by atoms with Gasteiger partial charge in [0.05, 0.1) is 7.11 Å². The predicted molar refractivity (Wildman–Crippen MR) is 112 cm³/mol. The summed E-state index contributed by atoms with van der Waals surface area (Å²) >= 11 is 0. The van der Waals surface area contributed by atoms with E-state index in [1.807, 2.05) is 13.8 Å². The lowest BCUT2D eigenvalue weighted by Gasteiger charge is -2.28. The monoisotopic (exact) mass is 430 g/mol. The molecule has 0 saturated carbocycles. The molecule has 0 radical (unpaired) electrons. The molecule has 3 amide bonds. The van der Waals surface area contributed by atoms with Gasteiger partial charge in [0, 0.05) is 0 Å². The number of rotatable bonds is 12. The SMILES string of the molecule is CC[C@@H](C)C(NC(=O)OC(C)(C)C)C(=O)NC(CCCCN)C(=O)NCC(=O)OC. The van der Waals surface area contributed by atoms with Gasteiger partial charge in [-0.15, -0.1) is 0 Å². The van der Waals surface area contributed by atoms with Gasteiger partial charge in [0.15, 0.2) is 0 Å². The van der Waals surface area contributed by atoms with Crippen LogP contribution >= 0.6 is 0 Å². The van der Waals surface area contributed by atoms with Crippen molar-refractivity contribution in [2.24, 2.45) is 11.7 Å². The van der Waals surface area contributed by atoms with Crippen molar-refractivity contribution in [1.29, 1.82) is 0 Å². The highest BCUT2D eigenvalue weighted by Crippen LogP contribution is 2.12. The van der Waals surface area contributed by atoms with Crippen LogP contribution in [-0.2, 0) is 23.9 Å². The number of amides is 3. The number of alkyl carbamates (subject to hydrolysis) is 1. The third kappa shape index (κ3) is 11.6. The number of esters is 1. The fourth-order valence-electron chi connectivity index (χ4n) is 2.51. The van der Waals surface area contributed by atoms with Crippen LogP contribution in [0.3, 0.4) is 0 Å². The van der Waals surface area contributed by atoms with E-state index >= 15 is 0 Å². The second-order valence-corrected chi connectivity index (χ2v) is 8.15. The van der Waals surface area contributed by atoms with Crippen LogP contribution in [0.5, 0.6) is 0 Å². The molecule has 10 heteroatoms. The lowest BCUT2D eigenvalue weighted by atomic mass is 9.97. The van der Waals surface area contributed by atoms with Gasteiger partial charge in [0.25, 0.3) is 0 Å². The van der Waals surface area contributed by atoms with Crippen LogP contribution in [0.4, 0.5) is 4.79 Å². The number of carbonyl (C=O) groups is 4. The first-order chi connectivity index (χ1) is 13.9. The van der Waals surface area contributed by atoms with Crippen molar-refractivity contribution in [1.82, 2.24) is 16.0 Å². The van der Waals surface area contributed by atoms with Gasteiger partial charge in [-0.2, -0.15) is 0 Å². The number of ether oxygens (including phenoxy) is 2. The van der Waals surface area contributed by atoms with Gasteiger partial charge >= 0.3 is 12.1 Å². The average Bonchev–Trinajstić information content (AvgIpc) is 2.67. The Morgan fingerprint density at radius 1 is 1.03 bits per heavy atom. The molecule has 0 aliphatic heterocycles. The molecule has 10 nitrogen and oxygen atoms in total. The van der Waals surface area contributed by atoms with E-state index < -0.39 is 41.6 Å². The van der Waals surface area contributed by atoms with Crippen molar-refractivity contribution in [3.63, 3.8) is 0 Å². The first-order valence-corrected chi connectivity index (χ1v) is 10.3. The Bertz CT molecular complexity index is 576. The van der Waals surface area contributed by atoms with E-state index in [0.717, 1.165) is 0 Å². The van der Waals surface area contributed by atoms with E-state index in [-0.39, 0.29) is 12.5 Å². The summed E-state index contributed by atoms with van der Waals surface area (Å²) in [6, 6.07) is -1.75. The third-order valence-electron chi connectivity index (χ3n) is 4.38. The standard InChI is InChI=1S/C20H38N4O6/c1-7-13(2)16(24-19(28)30-20(3,4)5)18(27)23-14(10-8-9-11-21)17(26)22-12-15(25)29-6/h13-14,16H,7-12,21H2,1-6H3,(H,22,26)(H,23,27)(H,24,28)/t13-,14?,16?/m1/s1. The fourth-order valence-corrected chi connectivity index (χ4v) is 2.51. The number of nitrogens with two attached hydrogens (primary N) is 1. The molecule has 2 unspecified atom stereocenters. The molecule has 174 valence electrons. The molecule has 0 aromatic rings. The van der Waals surface area contributed by atoms with E-state index in [1.165, 1.54) is 7.11 Å². The highest BCUT2D eigenvalue weighted by atomic mass is 16.6. The first kappa shape index (κ1) is 27.6. The van der Waals surface area contributed by atoms with Crippen molar-refractivity contribution in [3.8, 4) is 0 Å². The van der Waals surface area contributed by atoms with Crippen LogP contribution in [0.15, 0.2) is 0 Å². The Kier molecular flexibility index (Phi) is 12.7. The maximum Gasteiger partial charge on any atom is 0.408 e. The van der Waals surface area contributed by atoms with Crippen molar-refractivity contribution in [2.45, 2.75) is 78.0 Å². The topological polar surface area (TPSA) is 149 Å². The molecule has 0 rings (SSSR count). The smallest absolute Gasteiger partial charge is 0.408 e. The molecule has 3 atom stereocenters. The van der Waals surface area contributed by atoms with Gasteiger partial charge in [0.2, 0.25) is 11.8 Å². The molecule has 30 heavy (non-hydrogen) atoms. The summed E-state index contributed by atoms with van der Waals surface area (Å²) in [6.45, 7) is 9.05. The highest BCUT2D eigenvalue weighted by molar-refractivity contribution is 5.92. The van der Waals surface area contributed by atoms with Gasteiger partial charge in [-0.3, -0.25) is 14.4 Å². The lowest BCUT2D eigenvalue weighted by molar-refractivity contribution is -0.141. The Morgan fingerprint density at radius 3 is 2.17 bits per heavy atom. The maximum atomic E-state index is 12.9. The quantitative estimate of drug-likeness (QED) is 0.265. The fraction of sp³-hybridized carbons (Fsp3) is 0.800.